The summed E-state index contributed by atoms with van der Waals surface area (Å²) in [6, 6.07) is 15.0. The third kappa shape index (κ3) is 4.49. The number of hydrogen-bond donors (Lipinski definition) is 2. The molecular weight excluding hydrogens is 324 g/mol. The van der Waals surface area contributed by atoms with Crippen molar-refractivity contribution < 1.29 is 9.53 Å². The van der Waals surface area contributed by atoms with Gasteiger partial charge in [-0.15, -0.1) is 0 Å². The fourth-order valence-electron chi connectivity index (χ4n) is 2.87. The highest BCUT2D eigenvalue weighted by Crippen LogP contribution is 2.24. The minimum atomic E-state index is -0.0385. The molecule has 0 aromatic heterocycles. The fraction of sp³-hybridized carbons (Fsp3) is 0.316. The van der Waals surface area contributed by atoms with Crippen molar-refractivity contribution in [2.45, 2.75) is 31.8 Å². The summed E-state index contributed by atoms with van der Waals surface area (Å²) in [7, 11) is 0. The number of amides is 1. The lowest BCUT2D eigenvalue weighted by atomic mass is 10.0. The summed E-state index contributed by atoms with van der Waals surface area (Å²) in [5.41, 5.74) is 0.639. The van der Waals surface area contributed by atoms with E-state index in [1.165, 1.54) is 0 Å². The Bertz CT molecular complexity index is 703. The summed E-state index contributed by atoms with van der Waals surface area (Å²) in [5, 5.41) is 7.11. The average Bonchev–Trinajstić information content (AvgIpc) is 2.55. The van der Waals surface area contributed by atoms with E-state index in [2.05, 4.69) is 17.6 Å². The van der Waals surface area contributed by atoms with E-state index < -0.39 is 0 Å². The van der Waals surface area contributed by atoms with Crippen molar-refractivity contribution in [1.29, 1.82) is 0 Å². The number of carbonyl (C=O) groups excluding carboxylic acids is 1. The van der Waals surface area contributed by atoms with Crippen molar-refractivity contribution in [3.63, 3.8) is 0 Å². The van der Waals surface area contributed by atoms with Crippen molar-refractivity contribution in [2.75, 3.05) is 6.54 Å². The zero-order valence-electron chi connectivity index (χ0n) is 13.6. The molecule has 1 fully saturated rings. The molecule has 2 N–H and O–H groups in total. The van der Waals surface area contributed by atoms with Gasteiger partial charge in [-0.25, -0.2) is 0 Å². The molecule has 4 nitrogen and oxygen atoms in total. The molecule has 1 aliphatic heterocycles. The number of ether oxygens (including phenoxy) is 1. The van der Waals surface area contributed by atoms with Crippen molar-refractivity contribution in [1.82, 2.24) is 10.6 Å². The van der Waals surface area contributed by atoms with Crippen LogP contribution in [0.5, 0.6) is 11.5 Å². The summed E-state index contributed by atoms with van der Waals surface area (Å²) in [4.78, 5) is 12.3. The second-order valence-corrected chi connectivity index (χ2v) is 6.57. The Morgan fingerprint density at radius 2 is 2.00 bits per heavy atom. The first-order valence-electron chi connectivity index (χ1n) is 8.18. The third-order valence-electron chi connectivity index (χ3n) is 4.11. The number of rotatable bonds is 4. The molecule has 0 radical (unpaired) electrons. The lowest BCUT2D eigenvalue weighted by molar-refractivity contribution is 0.0925. The number of halogens is 1. The van der Waals surface area contributed by atoms with Gasteiger partial charge in [0.2, 0.25) is 0 Å². The first kappa shape index (κ1) is 16.8. The molecule has 2 aromatic carbocycles. The maximum absolute atomic E-state index is 12.3. The molecule has 2 atom stereocenters. The zero-order chi connectivity index (χ0) is 16.9. The normalized spacial score (nSPS) is 20.4. The number of piperidine rings is 1. The maximum Gasteiger partial charge on any atom is 0.251 e. The van der Waals surface area contributed by atoms with Gasteiger partial charge in [-0.2, -0.15) is 0 Å². The molecule has 126 valence electrons. The molecule has 1 amide bonds. The van der Waals surface area contributed by atoms with Gasteiger partial charge in [0, 0.05) is 22.7 Å². The molecule has 0 aliphatic carbocycles. The Morgan fingerprint density at radius 3 is 2.71 bits per heavy atom. The van der Waals surface area contributed by atoms with E-state index in [9.17, 15) is 4.79 Å². The van der Waals surface area contributed by atoms with Gasteiger partial charge >= 0.3 is 0 Å². The van der Waals surface area contributed by atoms with Gasteiger partial charge < -0.3 is 15.4 Å². The van der Waals surface area contributed by atoms with Gasteiger partial charge in [-0.05, 0) is 68.8 Å². The van der Waals surface area contributed by atoms with Crippen LogP contribution in [0.2, 0.25) is 5.02 Å². The summed E-state index contributed by atoms with van der Waals surface area (Å²) in [6.45, 7) is 3.08. The second-order valence-electron chi connectivity index (χ2n) is 6.13. The van der Waals surface area contributed by atoms with E-state index in [4.69, 9.17) is 16.3 Å². The molecule has 5 heteroatoms. The summed E-state index contributed by atoms with van der Waals surface area (Å²) < 4.78 is 5.73. The van der Waals surface area contributed by atoms with Crippen LogP contribution < -0.4 is 15.4 Å². The molecule has 2 unspecified atom stereocenters. The van der Waals surface area contributed by atoms with E-state index in [-0.39, 0.29) is 11.9 Å². The second kappa shape index (κ2) is 7.69. The van der Waals surface area contributed by atoms with Crippen molar-refractivity contribution >= 4 is 17.5 Å². The third-order valence-corrected chi connectivity index (χ3v) is 4.34. The van der Waals surface area contributed by atoms with E-state index in [1.807, 2.05) is 12.1 Å². The Morgan fingerprint density at radius 1 is 1.21 bits per heavy atom. The highest BCUT2D eigenvalue weighted by atomic mass is 35.5. The van der Waals surface area contributed by atoms with Gasteiger partial charge in [0.15, 0.2) is 0 Å². The Balaban J connectivity index is 1.60. The molecule has 0 spiro atoms. The quantitative estimate of drug-likeness (QED) is 0.881. The van der Waals surface area contributed by atoms with E-state index >= 15 is 0 Å². The SMILES string of the molecule is CC1CC(NC(=O)c2ccc(Oc3cccc(Cl)c3)cc2)CCN1. The van der Waals surface area contributed by atoms with Crippen molar-refractivity contribution in [3.8, 4) is 11.5 Å². The smallest absolute Gasteiger partial charge is 0.251 e. The lowest BCUT2D eigenvalue weighted by Crippen LogP contribution is -2.46. The van der Waals surface area contributed by atoms with E-state index in [0.29, 0.717) is 28.1 Å². The summed E-state index contributed by atoms with van der Waals surface area (Å²) >= 11 is 5.94. The van der Waals surface area contributed by atoms with Crippen molar-refractivity contribution in [3.05, 3.63) is 59.1 Å². The monoisotopic (exact) mass is 344 g/mol. The van der Waals surface area contributed by atoms with Crippen LogP contribution in [-0.2, 0) is 0 Å². The lowest BCUT2D eigenvalue weighted by Gasteiger charge is -2.28. The van der Waals surface area contributed by atoms with Gasteiger partial charge in [0.1, 0.15) is 11.5 Å². The molecule has 0 bridgehead atoms. The standard InChI is InChI=1S/C19H21ClN2O2/c1-13-11-16(9-10-21-13)22-19(23)14-5-7-17(8-6-14)24-18-4-2-3-15(20)12-18/h2-8,12-13,16,21H,9-11H2,1H3,(H,22,23). The van der Waals surface area contributed by atoms with Crippen LogP contribution in [0.25, 0.3) is 0 Å². The van der Waals surface area contributed by atoms with Crippen LogP contribution in [-0.4, -0.2) is 24.5 Å². The van der Waals surface area contributed by atoms with Crippen LogP contribution in [0.1, 0.15) is 30.1 Å². The summed E-state index contributed by atoms with van der Waals surface area (Å²) in [6.07, 6.45) is 1.92. The molecule has 1 saturated heterocycles. The van der Waals surface area contributed by atoms with Gasteiger partial charge in [-0.3, -0.25) is 4.79 Å². The molecule has 0 saturated carbocycles. The average molecular weight is 345 g/mol. The zero-order valence-corrected chi connectivity index (χ0v) is 14.3. The maximum atomic E-state index is 12.3. The summed E-state index contributed by atoms with van der Waals surface area (Å²) in [5.74, 6) is 1.30. The van der Waals surface area contributed by atoms with Gasteiger partial charge in [-0.1, -0.05) is 17.7 Å². The number of nitrogens with one attached hydrogen (secondary N) is 2. The highest BCUT2D eigenvalue weighted by molar-refractivity contribution is 6.30. The molecule has 3 rings (SSSR count). The van der Waals surface area contributed by atoms with Gasteiger partial charge in [0.05, 0.1) is 0 Å². The van der Waals surface area contributed by atoms with Crippen LogP contribution in [0, 0.1) is 0 Å². The predicted octanol–water partition coefficient (Wildman–Crippen LogP) is 4.00. The van der Waals surface area contributed by atoms with E-state index in [1.54, 1.807) is 36.4 Å². The topological polar surface area (TPSA) is 50.4 Å². The largest absolute Gasteiger partial charge is 0.457 e. The number of hydrogen-bond acceptors (Lipinski definition) is 3. The highest BCUT2D eigenvalue weighted by Gasteiger charge is 2.20. The van der Waals surface area contributed by atoms with Crippen LogP contribution in [0.15, 0.2) is 48.5 Å². The molecule has 1 heterocycles. The number of benzene rings is 2. The van der Waals surface area contributed by atoms with Crippen LogP contribution >= 0.6 is 11.6 Å². The van der Waals surface area contributed by atoms with Crippen molar-refractivity contribution in [2.24, 2.45) is 0 Å². The van der Waals surface area contributed by atoms with Gasteiger partial charge in [0.25, 0.3) is 5.91 Å². The van der Waals surface area contributed by atoms with Crippen LogP contribution in [0.4, 0.5) is 0 Å². The predicted molar refractivity (Wildman–Crippen MR) is 95.9 cm³/mol. The molecule has 1 aliphatic rings. The molecular formula is C19H21ClN2O2. The molecule has 24 heavy (non-hydrogen) atoms. The minimum absolute atomic E-state index is 0.0385. The first-order valence-corrected chi connectivity index (χ1v) is 8.56. The Labute approximate surface area is 147 Å². The first-order chi connectivity index (χ1) is 11.6. The number of carbonyl (C=O) groups is 1. The Kier molecular flexibility index (Phi) is 5.38. The Hall–Kier alpha value is -2.04. The molecule has 2 aromatic rings. The van der Waals surface area contributed by atoms with Crippen LogP contribution in [0.3, 0.4) is 0 Å². The fourth-order valence-corrected chi connectivity index (χ4v) is 3.05. The van der Waals surface area contributed by atoms with E-state index in [0.717, 1.165) is 19.4 Å². The minimum Gasteiger partial charge on any atom is -0.457 e.